The zero-order valence-corrected chi connectivity index (χ0v) is 10.8. The topological polar surface area (TPSA) is 83.0 Å². The number of nitrogens with one attached hydrogen (secondary N) is 2. The van der Waals surface area contributed by atoms with Crippen molar-refractivity contribution in [3.8, 4) is 11.3 Å². The predicted molar refractivity (Wildman–Crippen MR) is 77.9 cm³/mol. The zero-order chi connectivity index (χ0) is 14.4. The van der Waals surface area contributed by atoms with Gasteiger partial charge in [-0.15, -0.1) is 0 Å². The second-order valence-corrected chi connectivity index (χ2v) is 4.71. The Balaban J connectivity index is 2.19. The Bertz CT molecular complexity index is 1070. The Morgan fingerprint density at radius 1 is 1.10 bits per heavy atom. The highest BCUT2D eigenvalue weighted by molar-refractivity contribution is 6.02. The third-order valence-corrected chi connectivity index (χ3v) is 3.46. The first-order valence-electron chi connectivity index (χ1n) is 6.41. The molecule has 0 aliphatic rings. The van der Waals surface area contributed by atoms with Gasteiger partial charge in [-0.25, -0.2) is 0 Å². The first-order chi connectivity index (χ1) is 10.2. The van der Waals surface area contributed by atoms with Crippen LogP contribution in [0.3, 0.4) is 0 Å². The summed E-state index contributed by atoms with van der Waals surface area (Å²) in [6, 6.07) is 10.2. The van der Waals surface area contributed by atoms with Gasteiger partial charge in [0.15, 0.2) is 5.43 Å². The van der Waals surface area contributed by atoms with Gasteiger partial charge in [-0.2, -0.15) is 0 Å². The van der Waals surface area contributed by atoms with Crippen LogP contribution in [-0.2, 0) is 0 Å². The van der Waals surface area contributed by atoms with E-state index in [1.54, 1.807) is 24.4 Å². The fraction of sp³-hybridized carbons (Fsp3) is 0. The summed E-state index contributed by atoms with van der Waals surface area (Å²) in [5, 5.41) is 9.17. The maximum absolute atomic E-state index is 11.9. The number of aromatic nitrogens is 1. The largest absolute Gasteiger partial charge is 0.463 e. The molecule has 5 nitrogen and oxygen atoms in total. The summed E-state index contributed by atoms with van der Waals surface area (Å²) in [6.07, 6.45) is 3.15. The Morgan fingerprint density at radius 2 is 2.00 bits per heavy atom. The molecule has 4 aromatic rings. The maximum Gasteiger partial charge on any atom is 0.221 e. The Hall–Kier alpha value is -3.08. The molecule has 0 amide bonds. The summed E-state index contributed by atoms with van der Waals surface area (Å²) in [6.45, 7) is 0. The van der Waals surface area contributed by atoms with Gasteiger partial charge < -0.3 is 13.8 Å². The molecule has 0 bridgehead atoms. The number of aromatic amines is 1. The van der Waals surface area contributed by atoms with Crippen molar-refractivity contribution in [3.05, 3.63) is 64.6 Å². The highest BCUT2D eigenvalue weighted by Gasteiger charge is 2.11. The summed E-state index contributed by atoms with van der Waals surface area (Å²) < 4.78 is 11.0. The Kier molecular flexibility index (Phi) is 2.35. The van der Waals surface area contributed by atoms with E-state index < -0.39 is 0 Å². The van der Waals surface area contributed by atoms with Gasteiger partial charge in [-0.05, 0) is 30.3 Å². The van der Waals surface area contributed by atoms with Crippen LogP contribution in [0, 0.1) is 5.41 Å². The van der Waals surface area contributed by atoms with Crippen molar-refractivity contribution in [1.29, 1.82) is 5.41 Å². The van der Waals surface area contributed by atoms with E-state index in [1.807, 2.05) is 12.1 Å². The molecule has 5 heteroatoms. The molecule has 0 aliphatic heterocycles. The van der Waals surface area contributed by atoms with E-state index in [-0.39, 0.29) is 11.0 Å². The van der Waals surface area contributed by atoms with E-state index in [9.17, 15) is 4.79 Å². The number of hydrogen-bond acceptors (Lipinski definition) is 4. The lowest BCUT2D eigenvalue weighted by atomic mass is 10.1. The highest BCUT2D eigenvalue weighted by Crippen LogP contribution is 2.25. The van der Waals surface area contributed by atoms with Crippen molar-refractivity contribution < 1.29 is 8.83 Å². The second-order valence-electron chi connectivity index (χ2n) is 4.71. The average Bonchev–Trinajstić information content (AvgIpc) is 3.00. The van der Waals surface area contributed by atoms with E-state index in [0.717, 1.165) is 5.69 Å². The number of H-pyrrole nitrogens is 1. The predicted octanol–water partition coefficient (Wildman–Crippen LogP) is 3.01. The zero-order valence-electron chi connectivity index (χ0n) is 10.8. The number of fused-ring (bicyclic) bond motifs is 3. The van der Waals surface area contributed by atoms with Gasteiger partial charge in [0, 0.05) is 12.3 Å². The lowest BCUT2D eigenvalue weighted by Crippen LogP contribution is -2.04. The number of hydrogen-bond donors (Lipinski definition) is 2. The summed E-state index contributed by atoms with van der Waals surface area (Å²) in [5.41, 5.74) is 2.33. The molecule has 0 unspecified atom stereocenters. The second kappa shape index (κ2) is 4.21. The summed E-state index contributed by atoms with van der Waals surface area (Å²) in [5.74, 6) is 0. The molecule has 0 spiro atoms. The van der Waals surface area contributed by atoms with Gasteiger partial charge in [0.2, 0.25) is 5.55 Å². The quantitative estimate of drug-likeness (QED) is 0.525. The molecule has 1 aromatic carbocycles. The molecule has 0 atom stereocenters. The van der Waals surface area contributed by atoms with Crippen molar-refractivity contribution in [2.45, 2.75) is 0 Å². The van der Waals surface area contributed by atoms with E-state index in [2.05, 4.69) is 4.98 Å². The van der Waals surface area contributed by atoms with Crippen LogP contribution in [0.5, 0.6) is 0 Å². The molecule has 0 saturated carbocycles. The standard InChI is InChI=1S/C16H10N2O3/c17-16-10(12-2-1-6-18-12)8-11-14(21-16)4-3-9-13(19)5-7-20-15(9)11/h1-8,17-18H. The van der Waals surface area contributed by atoms with Crippen LogP contribution >= 0.6 is 0 Å². The van der Waals surface area contributed by atoms with Crippen LogP contribution in [0.1, 0.15) is 0 Å². The average molecular weight is 278 g/mol. The molecular weight excluding hydrogens is 268 g/mol. The van der Waals surface area contributed by atoms with Gasteiger partial charge >= 0.3 is 0 Å². The van der Waals surface area contributed by atoms with Gasteiger partial charge in [0.1, 0.15) is 11.2 Å². The fourth-order valence-electron chi connectivity index (χ4n) is 2.45. The Labute approximate surface area is 118 Å². The van der Waals surface area contributed by atoms with Crippen LogP contribution in [-0.4, -0.2) is 4.98 Å². The van der Waals surface area contributed by atoms with Crippen molar-refractivity contribution in [2.24, 2.45) is 0 Å². The minimum atomic E-state index is -0.102. The SMILES string of the molecule is N=c1oc2ccc3c(=O)ccoc3c2cc1-c1ccc[nH]1. The molecule has 4 rings (SSSR count). The lowest BCUT2D eigenvalue weighted by molar-refractivity contribution is 0.534. The van der Waals surface area contributed by atoms with Crippen LogP contribution in [0.4, 0.5) is 0 Å². The van der Waals surface area contributed by atoms with E-state index >= 15 is 0 Å². The first kappa shape index (κ1) is 11.7. The van der Waals surface area contributed by atoms with Gasteiger partial charge in [-0.1, -0.05) is 0 Å². The van der Waals surface area contributed by atoms with Crippen molar-refractivity contribution in [2.75, 3.05) is 0 Å². The molecule has 21 heavy (non-hydrogen) atoms. The summed E-state index contributed by atoms with van der Waals surface area (Å²) in [7, 11) is 0. The molecule has 0 radical (unpaired) electrons. The third-order valence-electron chi connectivity index (χ3n) is 3.46. The highest BCUT2D eigenvalue weighted by atomic mass is 16.3. The number of benzene rings is 1. The normalized spacial score (nSPS) is 11.2. The molecule has 102 valence electrons. The summed E-state index contributed by atoms with van der Waals surface area (Å²) in [4.78, 5) is 14.9. The molecule has 3 aromatic heterocycles. The maximum atomic E-state index is 11.9. The molecule has 3 heterocycles. The Morgan fingerprint density at radius 3 is 2.81 bits per heavy atom. The van der Waals surface area contributed by atoms with Crippen molar-refractivity contribution in [1.82, 2.24) is 4.98 Å². The van der Waals surface area contributed by atoms with Crippen LogP contribution in [0.15, 0.2) is 62.5 Å². The summed E-state index contributed by atoms with van der Waals surface area (Å²) >= 11 is 0. The van der Waals surface area contributed by atoms with Crippen molar-refractivity contribution in [3.63, 3.8) is 0 Å². The van der Waals surface area contributed by atoms with Gasteiger partial charge in [0.25, 0.3) is 0 Å². The first-order valence-corrected chi connectivity index (χ1v) is 6.41. The van der Waals surface area contributed by atoms with E-state index in [4.69, 9.17) is 14.2 Å². The molecule has 0 fully saturated rings. The van der Waals surface area contributed by atoms with Crippen LogP contribution < -0.4 is 11.0 Å². The number of rotatable bonds is 1. The minimum absolute atomic E-state index is 0.0579. The molecule has 2 N–H and O–H groups in total. The molecule has 0 aliphatic carbocycles. The van der Waals surface area contributed by atoms with Gasteiger partial charge in [-0.3, -0.25) is 10.2 Å². The lowest BCUT2D eigenvalue weighted by Gasteiger charge is -2.04. The van der Waals surface area contributed by atoms with Crippen LogP contribution in [0.2, 0.25) is 0 Å². The monoisotopic (exact) mass is 278 g/mol. The fourth-order valence-corrected chi connectivity index (χ4v) is 2.45. The minimum Gasteiger partial charge on any atom is -0.463 e. The van der Waals surface area contributed by atoms with E-state index in [1.165, 1.54) is 12.3 Å². The van der Waals surface area contributed by atoms with Gasteiger partial charge in [0.05, 0.1) is 28.3 Å². The molecular formula is C16H10N2O3. The van der Waals surface area contributed by atoms with E-state index in [0.29, 0.717) is 27.5 Å². The third kappa shape index (κ3) is 1.71. The molecule has 0 saturated heterocycles. The van der Waals surface area contributed by atoms with Crippen LogP contribution in [0.25, 0.3) is 33.2 Å². The smallest absolute Gasteiger partial charge is 0.221 e. The van der Waals surface area contributed by atoms with Crippen molar-refractivity contribution >= 4 is 21.9 Å².